The molecule has 0 fully saturated rings. The first-order chi connectivity index (χ1) is 15.5. The molecule has 2 aromatic carbocycles. The molecule has 0 saturated heterocycles. The highest BCUT2D eigenvalue weighted by Crippen LogP contribution is 2.28. The second kappa shape index (κ2) is 11.3. The highest BCUT2D eigenvalue weighted by Gasteiger charge is 2.24. The Morgan fingerprint density at radius 2 is 1.78 bits per heavy atom. The molecule has 3 aromatic rings. The lowest BCUT2D eigenvalue weighted by Crippen LogP contribution is -2.50. The molecule has 0 radical (unpaired) electrons. The lowest BCUT2D eigenvalue weighted by molar-refractivity contribution is -0.123. The van der Waals surface area contributed by atoms with Crippen LogP contribution < -0.4 is 20.7 Å². The van der Waals surface area contributed by atoms with Crippen molar-refractivity contribution in [2.45, 2.75) is 38.8 Å². The Balaban J connectivity index is 1.72. The number of carbonyl (C=O) groups is 2. The monoisotopic (exact) mass is 452 g/mol. The summed E-state index contributed by atoms with van der Waals surface area (Å²) in [7, 11) is 1.60. The molecule has 8 heteroatoms. The number of thiazole rings is 1. The molecule has 0 aliphatic heterocycles. The van der Waals surface area contributed by atoms with Crippen molar-refractivity contribution in [1.82, 2.24) is 15.6 Å². The van der Waals surface area contributed by atoms with Crippen LogP contribution in [0.15, 0.2) is 60.0 Å². The van der Waals surface area contributed by atoms with Gasteiger partial charge in [0.25, 0.3) is 5.91 Å². The molecule has 0 unspecified atom stereocenters. The van der Waals surface area contributed by atoms with Gasteiger partial charge in [0.1, 0.15) is 17.5 Å². The van der Waals surface area contributed by atoms with E-state index < -0.39 is 11.9 Å². The van der Waals surface area contributed by atoms with Crippen LogP contribution in [-0.2, 0) is 11.2 Å². The molecule has 0 bridgehead atoms. The van der Waals surface area contributed by atoms with Gasteiger partial charge in [0, 0.05) is 17.8 Å². The fraction of sp³-hybridized carbons (Fsp3) is 0.292. The number of nitrogens with one attached hydrogen (secondary N) is 3. The molecule has 0 saturated carbocycles. The normalized spacial score (nSPS) is 12.5. The second-order valence-corrected chi connectivity index (χ2v) is 8.25. The number of aromatic nitrogens is 1. The van der Waals surface area contributed by atoms with Crippen LogP contribution in [0.25, 0.3) is 0 Å². The topological polar surface area (TPSA) is 92.4 Å². The van der Waals surface area contributed by atoms with Crippen LogP contribution in [0.1, 0.15) is 36.3 Å². The van der Waals surface area contributed by atoms with Crippen molar-refractivity contribution in [1.29, 1.82) is 0 Å². The summed E-state index contributed by atoms with van der Waals surface area (Å²) >= 11 is 1.31. The van der Waals surface area contributed by atoms with E-state index in [1.807, 2.05) is 68.4 Å². The van der Waals surface area contributed by atoms with Gasteiger partial charge in [-0.15, -0.1) is 11.3 Å². The quantitative estimate of drug-likeness (QED) is 0.430. The number of amides is 2. The molecule has 0 aliphatic rings. The molecule has 7 nitrogen and oxygen atoms in total. The van der Waals surface area contributed by atoms with E-state index in [0.717, 1.165) is 17.7 Å². The number of ether oxygens (including phenoxy) is 1. The van der Waals surface area contributed by atoms with Crippen LogP contribution >= 0.6 is 11.3 Å². The van der Waals surface area contributed by atoms with Crippen molar-refractivity contribution < 1.29 is 14.3 Å². The van der Waals surface area contributed by atoms with Crippen LogP contribution in [-0.4, -0.2) is 36.0 Å². The molecule has 1 aromatic heterocycles. The van der Waals surface area contributed by atoms with Crippen LogP contribution in [0.4, 0.5) is 10.8 Å². The number of hydrogen-bond acceptors (Lipinski definition) is 6. The first kappa shape index (κ1) is 23.3. The highest BCUT2D eigenvalue weighted by molar-refractivity contribution is 7.14. The minimum atomic E-state index is -0.703. The maximum atomic E-state index is 12.9. The zero-order chi connectivity index (χ0) is 22.9. The highest BCUT2D eigenvalue weighted by atomic mass is 32.1. The predicted molar refractivity (Wildman–Crippen MR) is 128 cm³/mol. The Bertz CT molecular complexity index is 1040. The Labute approximate surface area is 192 Å². The number of anilines is 2. The molecule has 32 heavy (non-hydrogen) atoms. The van der Waals surface area contributed by atoms with Crippen LogP contribution in [0.2, 0.25) is 0 Å². The van der Waals surface area contributed by atoms with Crippen LogP contribution in [0.5, 0.6) is 5.75 Å². The third kappa shape index (κ3) is 6.31. The second-order valence-electron chi connectivity index (χ2n) is 7.40. The number of carbonyl (C=O) groups excluding carboxylic acids is 2. The maximum Gasteiger partial charge on any atom is 0.271 e. The minimum Gasteiger partial charge on any atom is -0.495 e. The Kier molecular flexibility index (Phi) is 8.21. The van der Waals surface area contributed by atoms with Crippen LogP contribution in [0, 0.1) is 0 Å². The number of rotatable bonds is 10. The number of para-hydroxylation sites is 2. The molecule has 3 N–H and O–H groups in total. The Morgan fingerprint density at radius 3 is 2.50 bits per heavy atom. The van der Waals surface area contributed by atoms with Crippen molar-refractivity contribution in [3.63, 3.8) is 0 Å². The number of nitrogens with zero attached hydrogens (tertiary/aromatic N) is 1. The van der Waals surface area contributed by atoms with E-state index in [2.05, 4.69) is 20.9 Å². The van der Waals surface area contributed by atoms with E-state index in [-0.39, 0.29) is 17.6 Å². The van der Waals surface area contributed by atoms with Crippen molar-refractivity contribution in [2.75, 3.05) is 12.4 Å². The Hall–Kier alpha value is -3.39. The first-order valence-corrected chi connectivity index (χ1v) is 11.4. The summed E-state index contributed by atoms with van der Waals surface area (Å²) in [6, 6.07) is 16.4. The van der Waals surface area contributed by atoms with Gasteiger partial charge in [0.15, 0.2) is 5.13 Å². The summed E-state index contributed by atoms with van der Waals surface area (Å²) < 4.78 is 5.34. The van der Waals surface area contributed by atoms with Gasteiger partial charge in [-0.1, -0.05) is 49.4 Å². The molecule has 3 rings (SSSR count). The smallest absolute Gasteiger partial charge is 0.271 e. The summed E-state index contributed by atoms with van der Waals surface area (Å²) in [6.45, 7) is 3.94. The van der Waals surface area contributed by atoms with Crippen molar-refractivity contribution in [3.8, 4) is 5.75 Å². The predicted octanol–water partition coefficient (Wildman–Crippen LogP) is 4.15. The van der Waals surface area contributed by atoms with Gasteiger partial charge in [-0.25, -0.2) is 4.98 Å². The van der Waals surface area contributed by atoms with Crippen molar-refractivity contribution >= 4 is 34.0 Å². The molecule has 1 heterocycles. The number of benzene rings is 2. The average molecular weight is 453 g/mol. The lowest BCUT2D eigenvalue weighted by Gasteiger charge is -2.20. The summed E-state index contributed by atoms with van der Waals surface area (Å²) in [5.74, 6) is 0.0760. The number of methoxy groups -OCH3 is 1. The fourth-order valence-corrected chi connectivity index (χ4v) is 3.74. The molecule has 0 spiro atoms. The summed E-state index contributed by atoms with van der Waals surface area (Å²) in [5, 5.41) is 11.2. The molecule has 2 atom stereocenters. The van der Waals surface area contributed by atoms with E-state index in [1.54, 1.807) is 12.5 Å². The van der Waals surface area contributed by atoms with Gasteiger partial charge >= 0.3 is 0 Å². The fourth-order valence-electron chi connectivity index (χ4n) is 3.04. The lowest BCUT2D eigenvalue weighted by atomic mass is 10.0. The molecular weight excluding hydrogens is 424 g/mol. The minimum absolute atomic E-state index is 0.0219. The van der Waals surface area contributed by atoms with E-state index in [9.17, 15) is 9.59 Å². The summed E-state index contributed by atoms with van der Waals surface area (Å²) in [6.07, 6.45) is 1.20. The van der Waals surface area contributed by atoms with Gasteiger partial charge in [-0.05, 0) is 31.0 Å². The van der Waals surface area contributed by atoms with Gasteiger partial charge in [0.05, 0.1) is 12.8 Å². The van der Waals surface area contributed by atoms with E-state index in [4.69, 9.17) is 4.74 Å². The third-order valence-corrected chi connectivity index (χ3v) is 5.75. The van der Waals surface area contributed by atoms with E-state index in [0.29, 0.717) is 17.3 Å². The standard InChI is InChI=1S/C24H28N4O3S/c1-4-16(2)25-22(29)19(14-17-10-6-5-7-11-17)26-23(30)20-15-32-24(28-20)27-18-12-8-9-13-21(18)31-3/h5-13,15-16,19H,4,14H2,1-3H3,(H,25,29)(H,26,30)(H,27,28)/t16-,19-/m0/s1. The molecule has 168 valence electrons. The third-order valence-electron chi connectivity index (χ3n) is 4.99. The summed E-state index contributed by atoms with van der Waals surface area (Å²) in [4.78, 5) is 30.1. The Morgan fingerprint density at radius 1 is 1.06 bits per heavy atom. The maximum absolute atomic E-state index is 12.9. The van der Waals surface area contributed by atoms with Crippen molar-refractivity contribution in [2.24, 2.45) is 0 Å². The average Bonchev–Trinajstić information content (AvgIpc) is 3.28. The van der Waals surface area contributed by atoms with Crippen LogP contribution in [0.3, 0.4) is 0 Å². The SMILES string of the molecule is CC[C@H](C)NC(=O)[C@H](Cc1ccccc1)NC(=O)c1csc(Nc2ccccc2OC)n1. The van der Waals surface area contributed by atoms with Gasteiger partial charge < -0.3 is 20.7 Å². The summed E-state index contributed by atoms with van der Waals surface area (Å²) in [5.41, 5.74) is 1.97. The van der Waals surface area contributed by atoms with Gasteiger partial charge in [-0.2, -0.15) is 0 Å². The van der Waals surface area contributed by atoms with Gasteiger partial charge in [-0.3, -0.25) is 9.59 Å². The van der Waals surface area contributed by atoms with Crippen molar-refractivity contribution in [3.05, 3.63) is 71.2 Å². The molecular formula is C24H28N4O3S. The molecule has 0 aliphatic carbocycles. The van der Waals surface area contributed by atoms with E-state index >= 15 is 0 Å². The van der Waals surface area contributed by atoms with Gasteiger partial charge in [0.2, 0.25) is 5.91 Å². The van der Waals surface area contributed by atoms with E-state index in [1.165, 1.54) is 11.3 Å². The largest absolute Gasteiger partial charge is 0.495 e. The zero-order valence-corrected chi connectivity index (χ0v) is 19.2. The molecule has 2 amide bonds. The zero-order valence-electron chi connectivity index (χ0n) is 18.4. The first-order valence-electron chi connectivity index (χ1n) is 10.5. The number of hydrogen-bond donors (Lipinski definition) is 3.